The quantitative estimate of drug-likeness (QED) is 0.779. The number of methoxy groups -OCH3 is 1. The number of rotatable bonds is 2. The number of aromatic amines is 1. The first-order chi connectivity index (χ1) is 7.29. The Bertz CT molecular complexity index is 511. The molecule has 1 N–H and O–H groups in total. The first kappa shape index (κ1) is 9.72. The summed E-state index contributed by atoms with van der Waals surface area (Å²) in [6.07, 6.45) is 3.38. The van der Waals surface area contributed by atoms with Gasteiger partial charge in [0.05, 0.1) is 7.11 Å². The van der Waals surface area contributed by atoms with Gasteiger partial charge in [-0.15, -0.1) is 0 Å². The molecule has 0 unspecified atom stereocenters. The van der Waals surface area contributed by atoms with Gasteiger partial charge in [-0.2, -0.15) is 4.98 Å². The van der Waals surface area contributed by atoms with Crippen LogP contribution in [0.25, 0.3) is 11.4 Å². The third-order valence-electron chi connectivity index (χ3n) is 1.76. The van der Waals surface area contributed by atoms with Crippen LogP contribution < -0.4 is 4.74 Å². The normalized spacial score (nSPS) is 9.93. The van der Waals surface area contributed by atoms with Crippen LogP contribution in [0.2, 0.25) is 0 Å². The van der Waals surface area contributed by atoms with Gasteiger partial charge in [-0.25, -0.2) is 4.98 Å². The standard InChI is InChI=1S/C9H8N4OS/c1-14-8-11-7(12-9(15)13-8)6-3-2-4-10-5-6/h2-5H,1H3,(H,11,12,13,15). The molecule has 6 heteroatoms. The summed E-state index contributed by atoms with van der Waals surface area (Å²) < 4.78 is 5.20. The van der Waals surface area contributed by atoms with E-state index >= 15 is 0 Å². The molecule has 0 aliphatic heterocycles. The van der Waals surface area contributed by atoms with Crippen molar-refractivity contribution in [2.45, 2.75) is 0 Å². The Morgan fingerprint density at radius 3 is 2.93 bits per heavy atom. The fourth-order valence-corrected chi connectivity index (χ4v) is 1.28. The number of nitrogens with one attached hydrogen (secondary N) is 1. The molecule has 5 nitrogen and oxygen atoms in total. The van der Waals surface area contributed by atoms with Crippen molar-refractivity contribution in [3.63, 3.8) is 0 Å². The van der Waals surface area contributed by atoms with E-state index in [1.807, 2.05) is 12.1 Å². The van der Waals surface area contributed by atoms with Crippen molar-refractivity contribution in [3.05, 3.63) is 29.3 Å². The van der Waals surface area contributed by atoms with Crippen molar-refractivity contribution in [2.24, 2.45) is 0 Å². The van der Waals surface area contributed by atoms with Crippen LogP contribution in [0.1, 0.15) is 0 Å². The zero-order chi connectivity index (χ0) is 10.7. The van der Waals surface area contributed by atoms with Crippen LogP contribution in [0.5, 0.6) is 6.01 Å². The van der Waals surface area contributed by atoms with E-state index in [-0.39, 0.29) is 4.77 Å². The number of H-pyrrole nitrogens is 1. The van der Waals surface area contributed by atoms with Crippen LogP contribution in [0, 0.1) is 4.77 Å². The average molecular weight is 220 g/mol. The Morgan fingerprint density at radius 1 is 1.40 bits per heavy atom. The number of nitrogens with zero attached hydrogens (tertiary/aromatic N) is 3. The molecular formula is C9H8N4OS. The summed E-state index contributed by atoms with van der Waals surface area (Å²) in [7, 11) is 1.51. The largest absolute Gasteiger partial charge is 0.468 e. The predicted molar refractivity (Wildman–Crippen MR) is 57.0 cm³/mol. The maximum Gasteiger partial charge on any atom is 0.297 e. The van der Waals surface area contributed by atoms with Crippen molar-refractivity contribution in [2.75, 3.05) is 7.11 Å². The van der Waals surface area contributed by atoms with Gasteiger partial charge in [0.1, 0.15) is 5.82 Å². The molecule has 0 aliphatic rings. The van der Waals surface area contributed by atoms with E-state index in [4.69, 9.17) is 17.0 Å². The Balaban J connectivity index is 2.54. The van der Waals surface area contributed by atoms with Crippen molar-refractivity contribution < 1.29 is 4.74 Å². The van der Waals surface area contributed by atoms with Crippen LogP contribution >= 0.6 is 12.2 Å². The average Bonchev–Trinajstić information content (AvgIpc) is 2.29. The summed E-state index contributed by atoms with van der Waals surface area (Å²) >= 11 is 4.91. The molecule has 0 radical (unpaired) electrons. The lowest BCUT2D eigenvalue weighted by atomic mass is 10.3. The SMILES string of the molecule is COc1nc(=S)nc(-c2cccnc2)[nH]1. The highest BCUT2D eigenvalue weighted by Gasteiger charge is 2.02. The van der Waals surface area contributed by atoms with Gasteiger partial charge in [-0.1, -0.05) is 0 Å². The molecular weight excluding hydrogens is 212 g/mol. The number of ether oxygens (including phenoxy) is 1. The fraction of sp³-hybridized carbons (Fsp3) is 0.111. The van der Waals surface area contributed by atoms with Gasteiger partial charge in [-0.3, -0.25) is 9.97 Å². The van der Waals surface area contributed by atoms with E-state index in [9.17, 15) is 0 Å². The lowest BCUT2D eigenvalue weighted by molar-refractivity contribution is 0.378. The van der Waals surface area contributed by atoms with Gasteiger partial charge < -0.3 is 4.74 Å². The Morgan fingerprint density at radius 2 is 2.27 bits per heavy atom. The number of hydrogen-bond acceptors (Lipinski definition) is 5. The van der Waals surface area contributed by atoms with E-state index in [0.717, 1.165) is 5.56 Å². The Labute approximate surface area is 91.2 Å². The molecule has 0 spiro atoms. The van der Waals surface area contributed by atoms with Crippen LogP contribution in [-0.2, 0) is 0 Å². The van der Waals surface area contributed by atoms with Crippen molar-refractivity contribution >= 4 is 12.2 Å². The molecule has 0 aromatic carbocycles. The Kier molecular flexibility index (Phi) is 2.68. The molecule has 0 fully saturated rings. The van der Waals surface area contributed by atoms with Gasteiger partial charge in [0.25, 0.3) is 6.01 Å². The van der Waals surface area contributed by atoms with E-state index < -0.39 is 0 Å². The monoisotopic (exact) mass is 220 g/mol. The molecule has 2 aromatic rings. The second-order valence-electron chi connectivity index (χ2n) is 2.73. The lowest BCUT2D eigenvalue weighted by Gasteiger charge is -2.02. The van der Waals surface area contributed by atoms with Crippen molar-refractivity contribution in [1.29, 1.82) is 0 Å². The minimum Gasteiger partial charge on any atom is -0.468 e. The zero-order valence-electron chi connectivity index (χ0n) is 7.97. The summed E-state index contributed by atoms with van der Waals surface area (Å²) in [5.41, 5.74) is 0.837. The maximum absolute atomic E-state index is 4.96. The molecule has 0 saturated heterocycles. The molecule has 0 atom stereocenters. The van der Waals surface area contributed by atoms with E-state index in [1.165, 1.54) is 7.11 Å². The van der Waals surface area contributed by atoms with E-state index in [1.54, 1.807) is 12.4 Å². The van der Waals surface area contributed by atoms with E-state index in [0.29, 0.717) is 11.8 Å². The predicted octanol–water partition coefficient (Wildman–Crippen LogP) is 1.60. The minimum atomic E-state index is 0.240. The lowest BCUT2D eigenvalue weighted by Crippen LogP contribution is -1.97. The summed E-state index contributed by atoms with van der Waals surface area (Å²) in [5, 5.41) is 0. The molecule has 0 aliphatic carbocycles. The third kappa shape index (κ3) is 2.16. The molecule has 15 heavy (non-hydrogen) atoms. The topological polar surface area (TPSA) is 63.7 Å². The van der Waals surface area contributed by atoms with Crippen LogP contribution in [0.3, 0.4) is 0 Å². The summed E-state index contributed by atoms with van der Waals surface area (Å²) in [4.78, 5) is 14.9. The molecule has 0 amide bonds. The summed E-state index contributed by atoms with van der Waals surface area (Å²) in [6, 6.07) is 4.04. The van der Waals surface area contributed by atoms with Gasteiger partial charge in [0, 0.05) is 18.0 Å². The summed E-state index contributed by atoms with van der Waals surface area (Å²) in [6.45, 7) is 0. The molecule has 0 bridgehead atoms. The second kappa shape index (κ2) is 4.14. The number of pyridine rings is 1. The van der Waals surface area contributed by atoms with Gasteiger partial charge in [-0.05, 0) is 24.4 Å². The molecule has 2 rings (SSSR count). The molecule has 2 heterocycles. The van der Waals surface area contributed by atoms with Crippen LogP contribution in [0.15, 0.2) is 24.5 Å². The van der Waals surface area contributed by atoms with Crippen LogP contribution in [0.4, 0.5) is 0 Å². The summed E-state index contributed by atoms with van der Waals surface area (Å²) in [5.74, 6) is 0.597. The number of hydrogen-bond donors (Lipinski definition) is 1. The fourth-order valence-electron chi connectivity index (χ4n) is 1.10. The molecule has 0 saturated carbocycles. The molecule has 76 valence electrons. The minimum absolute atomic E-state index is 0.240. The first-order valence-corrected chi connectivity index (χ1v) is 4.63. The maximum atomic E-state index is 4.96. The Hall–Kier alpha value is -1.82. The van der Waals surface area contributed by atoms with Gasteiger partial charge in [0.2, 0.25) is 4.77 Å². The van der Waals surface area contributed by atoms with Gasteiger partial charge in [0.15, 0.2) is 0 Å². The third-order valence-corrected chi connectivity index (χ3v) is 1.94. The highest BCUT2D eigenvalue weighted by Crippen LogP contribution is 2.13. The highest BCUT2D eigenvalue weighted by atomic mass is 32.1. The highest BCUT2D eigenvalue weighted by molar-refractivity contribution is 7.71. The van der Waals surface area contributed by atoms with Crippen molar-refractivity contribution in [3.8, 4) is 17.4 Å². The van der Waals surface area contributed by atoms with E-state index in [2.05, 4.69) is 19.9 Å². The van der Waals surface area contributed by atoms with Gasteiger partial charge >= 0.3 is 0 Å². The van der Waals surface area contributed by atoms with Crippen molar-refractivity contribution in [1.82, 2.24) is 19.9 Å². The molecule has 2 aromatic heterocycles. The number of aromatic nitrogens is 4. The smallest absolute Gasteiger partial charge is 0.297 e. The second-order valence-corrected chi connectivity index (χ2v) is 3.10. The zero-order valence-corrected chi connectivity index (χ0v) is 8.78. The first-order valence-electron chi connectivity index (χ1n) is 4.22. The van der Waals surface area contributed by atoms with Crippen LogP contribution in [-0.4, -0.2) is 27.0 Å².